The number of carbonyl (C=O) groups excluding carboxylic acids is 1. The van der Waals surface area contributed by atoms with E-state index in [0.29, 0.717) is 27.6 Å². The van der Waals surface area contributed by atoms with Gasteiger partial charge in [0.05, 0.1) is 0 Å². The molecule has 1 atom stereocenters. The maximum atomic E-state index is 13.5. The lowest BCUT2D eigenvalue weighted by Gasteiger charge is -2.28. The number of aromatic nitrogens is 1. The van der Waals surface area contributed by atoms with Crippen molar-refractivity contribution in [2.75, 3.05) is 5.32 Å². The Morgan fingerprint density at radius 1 is 1.13 bits per heavy atom. The van der Waals surface area contributed by atoms with Gasteiger partial charge in [-0.25, -0.2) is 4.39 Å². The number of aliphatic hydroxyl groups is 1. The zero-order valence-corrected chi connectivity index (χ0v) is 16.9. The predicted octanol–water partition coefficient (Wildman–Crippen LogP) is 4.77. The van der Waals surface area contributed by atoms with E-state index >= 15 is 0 Å². The molecule has 1 heterocycles. The molecule has 2 aromatic carbocycles. The molecule has 2 N–H and O–H groups in total. The van der Waals surface area contributed by atoms with Crippen molar-refractivity contribution in [2.24, 2.45) is 5.92 Å². The molecule has 1 saturated carbocycles. The number of halogens is 1. The molecule has 30 heavy (non-hydrogen) atoms. The molecule has 0 spiro atoms. The second-order valence-electron chi connectivity index (χ2n) is 8.02. The number of anilines is 1. The van der Waals surface area contributed by atoms with Crippen molar-refractivity contribution < 1.29 is 14.3 Å². The van der Waals surface area contributed by atoms with Gasteiger partial charge in [0, 0.05) is 34.1 Å². The van der Waals surface area contributed by atoms with Gasteiger partial charge in [-0.05, 0) is 61.7 Å². The van der Waals surface area contributed by atoms with E-state index in [1.165, 1.54) is 29.2 Å². The summed E-state index contributed by atoms with van der Waals surface area (Å²) in [5.74, 6) is -0.663. The number of hydrogen-bond acceptors (Lipinski definition) is 3. The zero-order valence-electron chi connectivity index (χ0n) is 16.9. The van der Waals surface area contributed by atoms with Crippen LogP contribution in [0.3, 0.4) is 0 Å². The molecule has 0 aliphatic heterocycles. The molecular weight excluding hydrogens is 383 g/mol. The van der Waals surface area contributed by atoms with Crippen LogP contribution in [-0.2, 0) is 0 Å². The number of carbonyl (C=O) groups is 1. The summed E-state index contributed by atoms with van der Waals surface area (Å²) in [6.07, 6.45) is 5.90. The standard InChI is InChI=1S/C24H25FN2O3/c1-15-14-17(10-11-20(15)25)22(28)26-21-9-5-8-19-18(21)12-13-27(24(19)30)23(29)16-6-3-2-4-7-16/h5,8-14,16,23,29H,2-4,6-7H2,1H3,(H,26,28). The minimum atomic E-state index is -0.845. The molecule has 156 valence electrons. The number of nitrogens with one attached hydrogen (secondary N) is 1. The van der Waals surface area contributed by atoms with Crippen molar-refractivity contribution in [2.45, 2.75) is 45.3 Å². The van der Waals surface area contributed by atoms with Crippen LogP contribution < -0.4 is 10.9 Å². The van der Waals surface area contributed by atoms with Crippen LogP contribution in [0.4, 0.5) is 10.1 Å². The molecule has 4 rings (SSSR count). The fraction of sp³-hybridized carbons (Fsp3) is 0.333. The second-order valence-corrected chi connectivity index (χ2v) is 8.02. The van der Waals surface area contributed by atoms with Crippen LogP contribution >= 0.6 is 0 Å². The lowest BCUT2D eigenvalue weighted by Crippen LogP contribution is -2.30. The molecule has 5 nitrogen and oxygen atoms in total. The smallest absolute Gasteiger partial charge is 0.260 e. The topological polar surface area (TPSA) is 71.3 Å². The average molecular weight is 408 g/mol. The molecule has 6 heteroatoms. The normalized spacial score (nSPS) is 15.8. The molecular formula is C24H25FN2O3. The average Bonchev–Trinajstić information content (AvgIpc) is 2.76. The van der Waals surface area contributed by atoms with Gasteiger partial charge in [-0.1, -0.05) is 25.3 Å². The number of benzene rings is 2. The van der Waals surface area contributed by atoms with E-state index in [0.717, 1.165) is 25.7 Å². The van der Waals surface area contributed by atoms with Crippen LogP contribution in [0.2, 0.25) is 0 Å². The van der Waals surface area contributed by atoms with Crippen molar-refractivity contribution in [3.05, 3.63) is 76.0 Å². The Hall–Kier alpha value is -2.99. The van der Waals surface area contributed by atoms with Crippen molar-refractivity contribution in [1.82, 2.24) is 4.57 Å². The number of hydrogen-bond donors (Lipinski definition) is 2. The molecule has 3 aromatic rings. The van der Waals surface area contributed by atoms with Crippen LogP contribution in [0.1, 0.15) is 54.3 Å². The minimum Gasteiger partial charge on any atom is -0.373 e. The zero-order chi connectivity index (χ0) is 21.3. The van der Waals surface area contributed by atoms with Crippen molar-refractivity contribution in [3.8, 4) is 0 Å². The van der Waals surface area contributed by atoms with Gasteiger partial charge in [0.15, 0.2) is 0 Å². The summed E-state index contributed by atoms with van der Waals surface area (Å²) in [5.41, 5.74) is 0.947. The van der Waals surface area contributed by atoms with Gasteiger partial charge in [0.25, 0.3) is 11.5 Å². The quantitative estimate of drug-likeness (QED) is 0.653. The summed E-state index contributed by atoms with van der Waals surface area (Å²) in [6, 6.07) is 11.0. The number of aliphatic hydroxyl groups excluding tert-OH is 1. The Bertz CT molecular complexity index is 1150. The molecule has 1 aromatic heterocycles. The lowest BCUT2D eigenvalue weighted by molar-refractivity contribution is 0.0210. The largest absolute Gasteiger partial charge is 0.373 e. The van der Waals surface area contributed by atoms with Crippen LogP contribution in [0.25, 0.3) is 10.8 Å². The van der Waals surface area contributed by atoms with Crippen LogP contribution in [0.15, 0.2) is 53.5 Å². The highest BCUT2D eigenvalue weighted by atomic mass is 19.1. The maximum absolute atomic E-state index is 13.5. The Balaban J connectivity index is 1.65. The summed E-state index contributed by atoms with van der Waals surface area (Å²) >= 11 is 0. The first-order valence-corrected chi connectivity index (χ1v) is 10.3. The number of pyridine rings is 1. The number of rotatable bonds is 4. The Morgan fingerprint density at radius 2 is 1.90 bits per heavy atom. The summed E-state index contributed by atoms with van der Waals surface area (Å²) in [4.78, 5) is 25.7. The third-order valence-corrected chi connectivity index (χ3v) is 6.00. The molecule has 1 amide bonds. The number of aryl methyl sites for hydroxylation is 1. The molecule has 0 bridgehead atoms. The fourth-order valence-electron chi connectivity index (χ4n) is 4.25. The van der Waals surface area contributed by atoms with Crippen molar-refractivity contribution >= 4 is 22.4 Å². The van der Waals surface area contributed by atoms with Gasteiger partial charge < -0.3 is 10.4 Å². The van der Waals surface area contributed by atoms with Gasteiger partial charge in [0.2, 0.25) is 0 Å². The van der Waals surface area contributed by atoms with E-state index in [4.69, 9.17) is 0 Å². The number of nitrogens with zero attached hydrogens (tertiary/aromatic N) is 1. The van der Waals surface area contributed by atoms with Crippen LogP contribution in [-0.4, -0.2) is 15.6 Å². The van der Waals surface area contributed by atoms with E-state index < -0.39 is 6.23 Å². The van der Waals surface area contributed by atoms with E-state index in [9.17, 15) is 19.1 Å². The summed E-state index contributed by atoms with van der Waals surface area (Å²) < 4.78 is 14.9. The van der Waals surface area contributed by atoms with Gasteiger partial charge in [0.1, 0.15) is 12.0 Å². The lowest BCUT2D eigenvalue weighted by atomic mass is 9.88. The van der Waals surface area contributed by atoms with Crippen LogP contribution in [0.5, 0.6) is 0 Å². The SMILES string of the molecule is Cc1cc(C(=O)Nc2cccc3c(=O)n(C(O)C4CCCCC4)ccc23)ccc1F. The first-order chi connectivity index (χ1) is 14.5. The third-order valence-electron chi connectivity index (χ3n) is 6.00. The monoisotopic (exact) mass is 408 g/mol. The van der Waals surface area contributed by atoms with Gasteiger partial charge in [-0.2, -0.15) is 0 Å². The summed E-state index contributed by atoms with van der Waals surface area (Å²) in [6.45, 7) is 1.60. The number of amides is 1. The molecule has 1 aliphatic carbocycles. The molecule has 0 saturated heterocycles. The Labute approximate surface area is 174 Å². The third kappa shape index (κ3) is 3.87. The molecule has 0 radical (unpaired) electrons. The number of fused-ring (bicyclic) bond motifs is 1. The van der Waals surface area contributed by atoms with E-state index in [2.05, 4.69) is 5.32 Å². The molecule has 1 aliphatic rings. The Kier molecular flexibility index (Phi) is 5.68. The molecule has 1 unspecified atom stereocenters. The Morgan fingerprint density at radius 3 is 2.63 bits per heavy atom. The van der Waals surface area contributed by atoms with Gasteiger partial charge in [-0.3, -0.25) is 14.2 Å². The van der Waals surface area contributed by atoms with E-state index in [-0.39, 0.29) is 23.2 Å². The highest BCUT2D eigenvalue weighted by molar-refractivity contribution is 6.09. The minimum absolute atomic E-state index is 0.0819. The van der Waals surface area contributed by atoms with Crippen LogP contribution in [0, 0.1) is 18.7 Å². The van der Waals surface area contributed by atoms with Crippen molar-refractivity contribution in [1.29, 1.82) is 0 Å². The van der Waals surface area contributed by atoms with Gasteiger partial charge in [-0.15, -0.1) is 0 Å². The maximum Gasteiger partial charge on any atom is 0.260 e. The second kappa shape index (κ2) is 8.40. The summed E-state index contributed by atoms with van der Waals surface area (Å²) in [5, 5.41) is 14.6. The van der Waals surface area contributed by atoms with Crippen molar-refractivity contribution in [3.63, 3.8) is 0 Å². The van der Waals surface area contributed by atoms with Gasteiger partial charge >= 0.3 is 0 Å². The highest BCUT2D eigenvalue weighted by Crippen LogP contribution is 2.31. The first-order valence-electron chi connectivity index (χ1n) is 10.3. The first kappa shape index (κ1) is 20.3. The highest BCUT2D eigenvalue weighted by Gasteiger charge is 2.24. The van der Waals surface area contributed by atoms with E-state index in [1.54, 1.807) is 37.4 Å². The predicted molar refractivity (Wildman–Crippen MR) is 115 cm³/mol. The molecule has 1 fully saturated rings. The van der Waals surface area contributed by atoms with E-state index in [1.807, 2.05) is 0 Å². The summed E-state index contributed by atoms with van der Waals surface area (Å²) in [7, 11) is 0. The fourth-order valence-corrected chi connectivity index (χ4v) is 4.25.